The summed E-state index contributed by atoms with van der Waals surface area (Å²) in [7, 11) is 0. The van der Waals surface area contributed by atoms with E-state index < -0.39 is 6.29 Å². The molecule has 2 nitrogen and oxygen atoms in total. The zero-order valence-corrected chi connectivity index (χ0v) is 6.56. The molecule has 2 aliphatic rings. The van der Waals surface area contributed by atoms with Crippen LogP contribution in [0, 0.1) is 0 Å². The van der Waals surface area contributed by atoms with Crippen molar-refractivity contribution >= 4 is 0 Å². The van der Waals surface area contributed by atoms with Gasteiger partial charge in [0.15, 0.2) is 5.76 Å². The van der Waals surface area contributed by atoms with E-state index in [2.05, 4.69) is 9.47 Å². The standard InChI is InChI=1S/C8H8F2O2/c1-5-3-2-4-6-7(5)12-8(9,10)11-6/h3H,2,4H2,1H3. The molecule has 0 fully saturated rings. The lowest BCUT2D eigenvalue weighted by Crippen LogP contribution is -2.16. The Morgan fingerprint density at radius 2 is 2.17 bits per heavy atom. The molecule has 12 heavy (non-hydrogen) atoms. The van der Waals surface area contributed by atoms with Crippen LogP contribution in [0.25, 0.3) is 0 Å². The number of alkyl halides is 2. The molecule has 0 aromatic heterocycles. The largest absolute Gasteiger partial charge is 0.585 e. The molecule has 66 valence electrons. The predicted octanol–water partition coefficient (Wildman–Crippen LogP) is 2.54. The van der Waals surface area contributed by atoms with Crippen LogP contribution < -0.4 is 0 Å². The molecule has 1 heterocycles. The van der Waals surface area contributed by atoms with Gasteiger partial charge in [-0.15, -0.1) is 8.78 Å². The van der Waals surface area contributed by atoms with Crippen LogP contribution in [0.5, 0.6) is 0 Å². The predicted molar refractivity (Wildman–Crippen MR) is 37.1 cm³/mol. The van der Waals surface area contributed by atoms with Gasteiger partial charge >= 0.3 is 6.29 Å². The SMILES string of the molecule is CC1=CCCC2=C1OC(F)(F)O2. The highest BCUT2D eigenvalue weighted by molar-refractivity contribution is 5.31. The Bertz CT molecular complexity index is 279. The molecule has 0 bridgehead atoms. The lowest BCUT2D eigenvalue weighted by molar-refractivity contribution is -0.336. The van der Waals surface area contributed by atoms with E-state index >= 15 is 0 Å². The van der Waals surface area contributed by atoms with Crippen LogP contribution in [0.4, 0.5) is 8.78 Å². The van der Waals surface area contributed by atoms with Crippen LogP contribution in [0.1, 0.15) is 19.8 Å². The second-order valence-corrected chi connectivity index (χ2v) is 2.85. The van der Waals surface area contributed by atoms with Gasteiger partial charge in [0.2, 0.25) is 0 Å². The second-order valence-electron chi connectivity index (χ2n) is 2.85. The summed E-state index contributed by atoms with van der Waals surface area (Å²) in [6.45, 7) is 1.74. The maximum atomic E-state index is 12.5. The van der Waals surface area contributed by atoms with Gasteiger partial charge in [-0.2, -0.15) is 0 Å². The van der Waals surface area contributed by atoms with Gasteiger partial charge in [0.25, 0.3) is 0 Å². The maximum absolute atomic E-state index is 12.5. The van der Waals surface area contributed by atoms with Crippen molar-refractivity contribution < 1.29 is 18.3 Å². The lowest BCUT2D eigenvalue weighted by atomic mass is 10.1. The Morgan fingerprint density at radius 3 is 2.83 bits per heavy atom. The molecule has 0 spiro atoms. The maximum Gasteiger partial charge on any atom is 0.585 e. The quantitative estimate of drug-likeness (QED) is 0.561. The second kappa shape index (κ2) is 2.21. The zero-order valence-electron chi connectivity index (χ0n) is 6.56. The molecule has 2 rings (SSSR count). The van der Waals surface area contributed by atoms with E-state index in [4.69, 9.17) is 0 Å². The summed E-state index contributed by atoms with van der Waals surface area (Å²) in [6, 6.07) is 0. The van der Waals surface area contributed by atoms with Gasteiger partial charge in [-0.25, -0.2) is 0 Å². The summed E-state index contributed by atoms with van der Waals surface area (Å²) in [4.78, 5) is 0. The third kappa shape index (κ3) is 1.07. The smallest absolute Gasteiger partial charge is 0.400 e. The normalized spacial score (nSPS) is 25.8. The third-order valence-electron chi connectivity index (χ3n) is 1.90. The van der Waals surface area contributed by atoms with E-state index in [-0.39, 0.29) is 11.5 Å². The molecule has 0 aromatic rings. The zero-order chi connectivity index (χ0) is 8.77. The highest BCUT2D eigenvalue weighted by atomic mass is 19.3. The first kappa shape index (κ1) is 7.58. The highest BCUT2D eigenvalue weighted by Crippen LogP contribution is 2.40. The molecule has 1 aliphatic heterocycles. The van der Waals surface area contributed by atoms with E-state index in [0.29, 0.717) is 6.42 Å². The summed E-state index contributed by atoms with van der Waals surface area (Å²) in [5.41, 5.74) is 0.730. The average Bonchev–Trinajstić information content (AvgIpc) is 2.25. The lowest BCUT2D eigenvalue weighted by Gasteiger charge is -2.07. The molecular formula is C8H8F2O2. The Kier molecular flexibility index (Phi) is 1.40. The molecule has 0 amide bonds. The van der Waals surface area contributed by atoms with Crippen molar-refractivity contribution in [1.82, 2.24) is 0 Å². The number of halogens is 2. The van der Waals surface area contributed by atoms with Gasteiger partial charge in [0, 0.05) is 6.42 Å². The molecule has 1 aliphatic carbocycles. The van der Waals surface area contributed by atoms with Gasteiger partial charge in [-0.3, -0.25) is 0 Å². The van der Waals surface area contributed by atoms with Crippen molar-refractivity contribution in [2.24, 2.45) is 0 Å². The number of hydrogen-bond acceptors (Lipinski definition) is 2. The van der Waals surface area contributed by atoms with Gasteiger partial charge in [0.1, 0.15) is 5.76 Å². The van der Waals surface area contributed by atoms with Crippen molar-refractivity contribution in [1.29, 1.82) is 0 Å². The summed E-state index contributed by atoms with van der Waals surface area (Å²) in [6.07, 6.45) is -0.347. The van der Waals surface area contributed by atoms with Gasteiger partial charge in [-0.05, 0) is 18.9 Å². The number of hydrogen-bond donors (Lipinski definition) is 0. The van der Waals surface area contributed by atoms with Crippen LogP contribution in [0.2, 0.25) is 0 Å². The minimum Gasteiger partial charge on any atom is -0.400 e. The Hall–Kier alpha value is -1.06. The fraction of sp³-hybridized carbons (Fsp3) is 0.500. The molecule has 0 radical (unpaired) electrons. The fourth-order valence-electron chi connectivity index (χ4n) is 1.36. The minimum absolute atomic E-state index is 0.214. The molecule has 4 heteroatoms. The first-order valence-corrected chi connectivity index (χ1v) is 3.74. The summed E-state index contributed by atoms with van der Waals surface area (Å²) in [5, 5.41) is 0. The van der Waals surface area contributed by atoms with E-state index in [0.717, 1.165) is 12.0 Å². The van der Waals surface area contributed by atoms with Crippen molar-refractivity contribution in [3.63, 3.8) is 0 Å². The summed E-state index contributed by atoms with van der Waals surface area (Å²) >= 11 is 0. The van der Waals surface area contributed by atoms with Crippen molar-refractivity contribution in [3.05, 3.63) is 23.2 Å². The Balaban J connectivity index is 2.29. The van der Waals surface area contributed by atoms with Crippen molar-refractivity contribution in [2.75, 3.05) is 0 Å². The van der Waals surface area contributed by atoms with E-state index in [9.17, 15) is 8.78 Å². The minimum atomic E-state index is -3.45. The number of ether oxygens (including phenoxy) is 2. The van der Waals surface area contributed by atoms with Gasteiger partial charge in [0.05, 0.1) is 0 Å². The highest BCUT2D eigenvalue weighted by Gasteiger charge is 2.45. The van der Waals surface area contributed by atoms with Crippen molar-refractivity contribution in [2.45, 2.75) is 26.1 Å². The van der Waals surface area contributed by atoms with Gasteiger partial charge < -0.3 is 9.47 Å². The Morgan fingerprint density at radius 1 is 1.42 bits per heavy atom. The summed E-state index contributed by atoms with van der Waals surface area (Å²) < 4.78 is 33.6. The summed E-state index contributed by atoms with van der Waals surface area (Å²) in [5.74, 6) is 0.492. The third-order valence-corrected chi connectivity index (χ3v) is 1.90. The Labute approximate surface area is 68.5 Å². The van der Waals surface area contributed by atoms with Crippen LogP contribution in [-0.4, -0.2) is 6.29 Å². The fourth-order valence-corrected chi connectivity index (χ4v) is 1.36. The van der Waals surface area contributed by atoms with Crippen LogP contribution in [0.15, 0.2) is 23.2 Å². The van der Waals surface area contributed by atoms with Crippen molar-refractivity contribution in [3.8, 4) is 0 Å². The number of rotatable bonds is 0. The van der Waals surface area contributed by atoms with Gasteiger partial charge in [-0.1, -0.05) is 6.08 Å². The topological polar surface area (TPSA) is 18.5 Å². The first-order valence-electron chi connectivity index (χ1n) is 3.74. The molecule has 0 saturated carbocycles. The monoisotopic (exact) mass is 174 g/mol. The van der Waals surface area contributed by atoms with Crippen LogP contribution in [0.3, 0.4) is 0 Å². The molecular weight excluding hydrogens is 166 g/mol. The van der Waals surface area contributed by atoms with E-state index in [1.165, 1.54) is 0 Å². The van der Waals surface area contributed by atoms with Crippen LogP contribution in [-0.2, 0) is 9.47 Å². The number of allylic oxidation sites excluding steroid dienone is 3. The van der Waals surface area contributed by atoms with Crippen LogP contribution >= 0.6 is 0 Å². The van der Waals surface area contributed by atoms with E-state index in [1.807, 2.05) is 6.08 Å². The molecule has 0 unspecified atom stereocenters. The molecule has 0 atom stereocenters. The van der Waals surface area contributed by atoms with E-state index in [1.54, 1.807) is 6.92 Å². The first-order chi connectivity index (χ1) is 5.58. The molecule has 0 N–H and O–H groups in total. The molecule has 0 aromatic carbocycles. The molecule has 0 saturated heterocycles. The average molecular weight is 174 g/mol.